The summed E-state index contributed by atoms with van der Waals surface area (Å²) in [5, 5.41) is 0. The number of hydrogen-bond acceptors (Lipinski definition) is 6. The van der Waals surface area contributed by atoms with Gasteiger partial charge in [-0.3, -0.25) is 9.89 Å². The molecule has 1 atom stereocenters. The van der Waals surface area contributed by atoms with E-state index in [4.69, 9.17) is 20.2 Å². The summed E-state index contributed by atoms with van der Waals surface area (Å²) in [5.41, 5.74) is 5.97. The number of amides is 1. The van der Waals surface area contributed by atoms with Gasteiger partial charge in [-0.25, -0.2) is 4.79 Å². The van der Waals surface area contributed by atoms with Crippen molar-refractivity contribution in [1.82, 2.24) is 14.7 Å². The first-order valence-corrected chi connectivity index (χ1v) is 11.4. The molecule has 168 valence electrons. The van der Waals surface area contributed by atoms with E-state index < -0.39 is 5.60 Å². The van der Waals surface area contributed by atoms with Gasteiger partial charge in [-0.2, -0.15) is 11.8 Å². The molecule has 0 saturated carbocycles. The zero-order chi connectivity index (χ0) is 20.2. The van der Waals surface area contributed by atoms with Crippen LogP contribution >= 0.6 is 35.7 Å². The zero-order valence-electron chi connectivity index (χ0n) is 17.9. The summed E-state index contributed by atoms with van der Waals surface area (Å²) in [6.07, 6.45) is 0.901. The fourth-order valence-corrected chi connectivity index (χ4v) is 5.35. The summed E-state index contributed by atoms with van der Waals surface area (Å²) in [6, 6.07) is 0. The molecule has 29 heavy (non-hydrogen) atoms. The molecule has 0 bridgehead atoms. The van der Waals surface area contributed by atoms with E-state index in [1.807, 2.05) is 32.5 Å². The molecule has 3 aliphatic heterocycles. The second-order valence-electron chi connectivity index (χ2n) is 8.76. The first kappa shape index (κ1) is 24.8. The molecule has 1 amide bonds. The lowest BCUT2D eigenvalue weighted by atomic mass is 9.96. The van der Waals surface area contributed by atoms with Gasteiger partial charge in [-0.1, -0.05) is 0 Å². The standard InChI is InChI=1S/C19H35N5O3S.HI/c1-18(2,3)27-17(25)23-7-5-22(6-8-23)16(20)21-14-19(4-13-28-15-19)24-9-11-26-12-10-24;/h4-15H2,1-3H3,(H2,20,21);1H. The van der Waals surface area contributed by atoms with E-state index in [1.54, 1.807) is 4.90 Å². The van der Waals surface area contributed by atoms with Crippen LogP contribution in [0, 0.1) is 0 Å². The number of carbonyl (C=O) groups excluding carboxylic acids is 1. The minimum absolute atomic E-state index is 0. The number of halogens is 1. The molecular formula is C19H36IN5O3S. The van der Waals surface area contributed by atoms with Crippen LogP contribution in [0.5, 0.6) is 0 Å². The number of ether oxygens (including phenoxy) is 2. The van der Waals surface area contributed by atoms with Gasteiger partial charge in [0.25, 0.3) is 0 Å². The van der Waals surface area contributed by atoms with Crippen molar-refractivity contribution in [2.24, 2.45) is 10.7 Å². The molecule has 3 fully saturated rings. The number of nitrogens with zero attached hydrogens (tertiary/aromatic N) is 4. The Bertz CT molecular complexity index is 567. The van der Waals surface area contributed by atoms with E-state index in [0.717, 1.165) is 45.0 Å². The SMILES string of the molecule is CC(C)(C)OC(=O)N1CCN(C(N)=NCC2(N3CCOCC3)CCSC2)CC1.I. The highest BCUT2D eigenvalue weighted by Gasteiger charge is 2.40. The Kier molecular flexibility index (Phi) is 9.17. The Morgan fingerprint density at radius 3 is 2.31 bits per heavy atom. The van der Waals surface area contributed by atoms with Crippen molar-refractivity contribution in [1.29, 1.82) is 0 Å². The smallest absolute Gasteiger partial charge is 0.410 e. The summed E-state index contributed by atoms with van der Waals surface area (Å²) >= 11 is 2.01. The normalized spacial score (nSPS) is 26.9. The number of thioether (sulfide) groups is 1. The van der Waals surface area contributed by atoms with Crippen LogP contribution in [-0.4, -0.2) is 108 Å². The number of piperazine rings is 1. The molecule has 3 heterocycles. The molecule has 3 saturated heterocycles. The van der Waals surface area contributed by atoms with E-state index in [0.29, 0.717) is 32.1 Å². The zero-order valence-corrected chi connectivity index (χ0v) is 21.0. The fourth-order valence-electron chi connectivity index (χ4n) is 3.88. The molecule has 0 radical (unpaired) electrons. The van der Waals surface area contributed by atoms with Gasteiger partial charge in [0, 0.05) is 45.0 Å². The average Bonchev–Trinajstić information content (AvgIpc) is 3.16. The lowest BCUT2D eigenvalue weighted by Crippen LogP contribution is -2.57. The number of rotatable bonds is 3. The maximum Gasteiger partial charge on any atom is 0.410 e. The van der Waals surface area contributed by atoms with E-state index >= 15 is 0 Å². The molecule has 0 aromatic carbocycles. The van der Waals surface area contributed by atoms with Gasteiger partial charge >= 0.3 is 6.09 Å². The minimum Gasteiger partial charge on any atom is -0.444 e. The average molecular weight is 542 g/mol. The number of hydrogen-bond donors (Lipinski definition) is 1. The Hall–Kier alpha value is -0.460. The third-order valence-corrected chi connectivity index (χ3v) is 6.79. The van der Waals surface area contributed by atoms with Crippen LogP contribution in [0.1, 0.15) is 27.2 Å². The Morgan fingerprint density at radius 2 is 1.76 bits per heavy atom. The summed E-state index contributed by atoms with van der Waals surface area (Å²) in [6.45, 7) is 12.5. The van der Waals surface area contributed by atoms with Crippen molar-refractivity contribution in [2.45, 2.75) is 38.3 Å². The lowest BCUT2D eigenvalue weighted by Gasteiger charge is -2.42. The van der Waals surface area contributed by atoms with Gasteiger partial charge in [0.2, 0.25) is 0 Å². The second-order valence-corrected chi connectivity index (χ2v) is 9.86. The molecule has 0 spiro atoms. The monoisotopic (exact) mass is 541 g/mol. The molecule has 10 heteroatoms. The molecule has 0 aliphatic carbocycles. The van der Waals surface area contributed by atoms with Crippen LogP contribution in [0.4, 0.5) is 4.79 Å². The first-order chi connectivity index (χ1) is 13.3. The van der Waals surface area contributed by atoms with E-state index in [9.17, 15) is 4.79 Å². The van der Waals surface area contributed by atoms with E-state index in [2.05, 4.69) is 9.80 Å². The summed E-state index contributed by atoms with van der Waals surface area (Å²) in [4.78, 5) is 23.4. The number of nitrogens with two attached hydrogens (primary N) is 1. The van der Waals surface area contributed by atoms with Crippen molar-refractivity contribution >= 4 is 47.8 Å². The van der Waals surface area contributed by atoms with Gasteiger partial charge in [0.05, 0.1) is 25.3 Å². The summed E-state index contributed by atoms with van der Waals surface area (Å²) in [5.74, 6) is 2.88. The van der Waals surface area contributed by atoms with Gasteiger partial charge < -0.3 is 25.0 Å². The molecule has 8 nitrogen and oxygen atoms in total. The van der Waals surface area contributed by atoms with Gasteiger partial charge in [-0.15, -0.1) is 24.0 Å². The topological polar surface area (TPSA) is 83.6 Å². The molecule has 1 unspecified atom stereocenters. The summed E-state index contributed by atoms with van der Waals surface area (Å²) in [7, 11) is 0. The Morgan fingerprint density at radius 1 is 1.14 bits per heavy atom. The Balaban J connectivity index is 0.00000300. The third-order valence-electron chi connectivity index (χ3n) is 5.56. The van der Waals surface area contributed by atoms with Crippen molar-refractivity contribution in [3.63, 3.8) is 0 Å². The van der Waals surface area contributed by atoms with Crippen molar-refractivity contribution in [3.05, 3.63) is 0 Å². The van der Waals surface area contributed by atoms with Gasteiger partial charge in [0.15, 0.2) is 5.96 Å². The van der Waals surface area contributed by atoms with Crippen molar-refractivity contribution in [2.75, 3.05) is 70.5 Å². The number of carbonyl (C=O) groups is 1. The molecule has 3 rings (SSSR count). The van der Waals surface area contributed by atoms with Crippen molar-refractivity contribution in [3.8, 4) is 0 Å². The highest BCUT2D eigenvalue weighted by Crippen LogP contribution is 2.34. The quantitative estimate of drug-likeness (QED) is 0.331. The molecule has 0 aromatic rings. The minimum atomic E-state index is -0.470. The largest absolute Gasteiger partial charge is 0.444 e. The Labute approximate surface area is 195 Å². The van der Waals surface area contributed by atoms with E-state index in [1.165, 1.54) is 5.75 Å². The van der Waals surface area contributed by atoms with Gasteiger partial charge in [0.1, 0.15) is 5.60 Å². The molecule has 2 N–H and O–H groups in total. The molecule has 0 aromatic heterocycles. The predicted molar refractivity (Wildman–Crippen MR) is 128 cm³/mol. The van der Waals surface area contributed by atoms with Crippen LogP contribution < -0.4 is 5.73 Å². The number of aliphatic imine (C=N–C) groups is 1. The highest BCUT2D eigenvalue weighted by molar-refractivity contribution is 14.0. The van der Waals surface area contributed by atoms with Crippen LogP contribution in [0.15, 0.2) is 4.99 Å². The van der Waals surface area contributed by atoms with Crippen molar-refractivity contribution < 1.29 is 14.3 Å². The van der Waals surface area contributed by atoms with Crippen LogP contribution in [0.3, 0.4) is 0 Å². The molecule has 3 aliphatic rings. The summed E-state index contributed by atoms with van der Waals surface area (Å²) < 4.78 is 11.0. The maximum atomic E-state index is 12.2. The third kappa shape index (κ3) is 6.76. The van der Waals surface area contributed by atoms with Gasteiger partial charge in [-0.05, 0) is 32.9 Å². The number of guanidine groups is 1. The lowest BCUT2D eigenvalue weighted by molar-refractivity contribution is -0.0105. The second kappa shape index (κ2) is 10.7. The molecular weight excluding hydrogens is 505 g/mol. The predicted octanol–water partition coefficient (Wildman–Crippen LogP) is 1.68. The van der Waals surface area contributed by atoms with Crippen LogP contribution in [0.25, 0.3) is 0 Å². The van der Waals surface area contributed by atoms with Crippen LogP contribution in [-0.2, 0) is 9.47 Å². The first-order valence-electron chi connectivity index (χ1n) is 10.2. The highest BCUT2D eigenvalue weighted by atomic mass is 127. The van der Waals surface area contributed by atoms with E-state index in [-0.39, 0.29) is 35.6 Å². The number of morpholine rings is 1. The fraction of sp³-hybridized carbons (Fsp3) is 0.895. The van der Waals surface area contributed by atoms with Crippen LogP contribution in [0.2, 0.25) is 0 Å². The maximum absolute atomic E-state index is 12.2.